The molecule has 1 aliphatic rings. The summed E-state index contributed by atoms with van der Waals surface area (Å²) >= 11 is 1.57. The quantitative estimate of drug-likeness (QED) is 0.866. The summed E-state index contributed by atoms with van der Waals surface area (Å²) < 4.78 is 5.32. The first-order valence-electron chi connectivity index (χ1n) is 6.82. The molecule has 19 heavy (non-hydrogen) atoms. The number of esters is 1. The molecule has 1 aromatic rings. The molecule has 0 saturated carbocycles. The molecule has 0 aromatic carbocycles. The smallest absolute Gasteiger partial charge is 0.358 e. The first kappa shape index (κ1) is 14.5. The van der Waals surface area contributed by atoms with Crippen molar-refractivity contribution in [1.82, 2.24) is 10.3 Å². The number of nitrogens with one attached hydrogen (secondary N) is 1. The van der Waals surface area contributed by atoms with E-state index in [2.05, 4.69) is 10.3 Å². The van der Waals surface area contributed by atoms with Crippen molar-refractivity contribution in [2.45, 2.75) is 45.6 Å². The van der Waals surface area contributed by atoms with Gasteiger partial charge < -0.3 is 10.1 Å². The molecule has 0 amide bonds. The summed E-state index contributed by atoms with van der Waals surface area (Å²) in [4.78, 5) is 16.3. The summed E-state index contributed by atoms with van der Waals surface area (Å²) in [5.74, 6) is 0.374. The number of piperidine rings is 1. The van der Waals surface area contributed by atoms with Crippen LogP contribution in [0.1, 0.15) is 49.1 Å². The Morgan fingerprint density at radius 1 is 1.47 bits per heavy atom. The van der Waals surface area contributed by atoms with Gasteiger partial charge in [0, 0.05) is 11.8 Å². The molecule has 0 unspecified atom stereocenters. The minimum atomic E-state index is -0.462. The molecule has 0 bridgehead atoms. The van der Waals surface area contributed by atoms with Crippen LogP contribution in [0, 0.1) is 5.92 Å². The van der Waals surface area contributed by atoms with Crippen molar-refractivity contribution < 1.29 is 9.53 Å². The summed E-state index contributed by atoms with van der Waals surface area (Å²) in [5, 5.41) is 6.22. The Bertz CT molecular complexity index is 431. The van der Waals surface area contributed by atoms with Crippen molar-refractivity contribution in [3.63, 3.8) is 0 Å². The average Bonchev–Trinajstić information content (AvgIpc) is 2.77. The summed E-state index contributed by atoms with van der Waals surface area (Å²) in [6.07, 6.45) is 3.37. The first-order chi connectivity index (χ1) is 8.94. The molecule has 1 saturated heterocycles. The lowest BCUT2D eigenvalue weighted by atomic mass is 9.95. The molecular weight excluding hydrogens is 260 g/mol. The minimum absolute atomic E-state index is 0.319. The Morgan fingerprint density at radius 2 is 2.16 bits per heavy atom. The molecule has 4 nitrogen and oxygen atoms in total. The van der Waals surface area contributed by atoms with E-state index in [4.69, 9.17) is 4.74 Å². The lowest BCUT2D eigenvalue weighted by Gasteiger charge is -2.21. The molecule has 0 spiro atoms. The van der Waals surface area contributed by atoms with Crippen LogP contribution in [0.3, 0.4) is 0 Å². The highest BCUT2D eigenvalue weighted by molar-refractivity contribution is 7.09. The summed E-state index contributed by atoms with van der Waals surface area (Å²) in [6, 6.07) is 0. The normalized spacial score (nSPS) is 17.4. The highest BCUT2D eigenvalue weighted by Gasteiger charge is 2.21. The van der Waals surface area contributed by atoms with Crippen LogP contribution >= 0.6 is 11.3 Å². The summed E-state index contributed by atoms with van der Waals surface area (Å²) in [7, 11) is 0. The van der Waals surface area contributed by atoms with Crippen LogP contribution in [0.2, 0.25) is 0 Å². The zero-order chi connectivity index (χ0) is 13.9. The van der Waals surface area contributed by atoms with Gasteiger partial charge in [0.15, 0.2) is 5.69 Å². The lowest BCUT2D eigenvalue weighted by Crippen LogP contribution is -2.28. The van der Waals surface area contributed by atoms with Crippen LogP contribution in [0.5, 0.6) is 0 Å². The van der Waals surface area contributed by atoms with Gasteiger partial charge in [0.25, 0.3) is 0 Å². The molecule has 2 rings (SSSR count). The van der Waals surface area contributed by atoms with Crippen LogP contribution in [0.15, 0.2) is 5.38 Å². The SMILES string of the molecule is CC(C)(C)OC(=O)c1csc(CC2CCNCC2)n1. The number of rotatable bonds is 3. The first-order valence-corrected chi connectivity index (χ1v) is 7.70. The highest BCUT2D eigenvalue weighted by Crippen LogP contribution is 2.21. The van der Waals surface area contributed by atoms with Gasteiger partial charge in [-0.15, -0.1) is 11.3 Å². The van der Waals surface area contributed by atoms with Gasteiger partial charge in [-0.05, 0) is 52.6 Å². The van der Waals surface area contributed by atoms with E-state index >= 15 is 0 Å². The van der Waals surface area contributed by atoms with Crippen molar-refractivity contribution in [2.24, 2.45) is 5.92 Å². The second-order valence-electron chi connectivity index (χ2n) is 6.03. The number of hydrogen-bond donors (Lipinski definition) is 1. The van der Waals surface area contributed by atoms with Crippen molar-refractivity contribution in [3.05, 3.63) is 16.1 Å². The highest BCUT2D eigenvalue weighted by atomic mass is 32.1. The average molecular weight is 282 g/mol. The van der Waals surface area contributed by atoms with Crippen molar-refractivity contribution in [3.8, 4) is 0 Å². The molecule has 106 valence electrons. The third-order valence-electron chi connectivity index (χ3n) is 3.08. The van der Waals surface area contributed by atoms with E-state index in [-0.39, 0.29) is 5.97 Å². The van der Waals surface area contributed by atoms with Crippen LogP contribution in [0.4, 0.5) is 0 Å². The van der Waals surface area contributed by atoms with Crippen molar-refractivity contribution in [2.75, 3.05) is 13.1 Å². The predicted octanol–water partition coefficient (Wildman–Crippen LogP) is 2.64. The van der Waals surface area contributed by atoms with Gasteiger partial charge >= 0.3 is 5.97 Å². The minimum Gasteiger partial charge on any atom is -0.455 e. The molecule has 0 atom stereocenters. The Balaban J connectivity index is 1.92. The largest absolute Gasteiger partial charge is 0.455 e. The Labute approximate surface area is 118 Å². The maximum atomic E-state index is 11.9. The fraction of sp³-hybridized carbons (Fsp3) is 0.714. The van der Waals surface area contributed by atoms with Gasteiger partial charge in [-0.2, -0.15) is 0 Å². The predicted molar refractivity (Wildman–Crippen MR) is 76.6 cm³/mol. The topological polar surface area (TPSA) is 51.2 Å². The van der Waals surface area contributed by atoms with Crippen LogP contribution in [-0.4, -0.2) is 29.6 Å². The van der Waals surface area contributed by atoms with Gasteiger partial charge in [0.1, 0.15) is 5.60 Å². The molecule has 1 aromatic heterocycles. The fourth-order valence-corrected chi connectivity index (χ4v) is 3.04. The molecule has 1 N–H and O–H groups in total. The molecule has 0 aliphatic carbocycles. The summed E-state index contributed by atoms with van der Waals surface area (Å²) in [5.41, 5.74) is -0.0144. The second-order valence-corrected chi connectivity index (χ2v) is 6.97. The molecule has 2 heterocycles. The molecule has 1 fully saturated rings. The van der Waals surface area contributed by atoms with E-state index < -0.39 is 5.60 Å². The van der Waals surface area contributed by atoms with E-state index in [1.54, 1.807) is 11.3 Å². The molecule has 1 aliphatic heterocycles. The number of carbonyl (C=O) groups excluding carboxylic acids is 1. The fourth-order valence-electron chi connectivity index (χ4n) is 2.16. The van der Waals surface area contributed by atoms with Crippen molar-refractivity contribution >= 4 is 17.3 Å². The number of thiazole rings is 1. The number of carbonyl (C=O) groups is 1. The maximum absolute atomic E-state index is 11.9. The van der Waals surface area contributed by atoms with E-state index in [0.29, 0.717) is 11.6 Å². The zero-order valence-electron chi connectivity index (χ0n) is 11.9. The number of hydrogen-bond acceptors (Lipinski definition) is 5. The van der Waals surface area contributed by atoms with Gasteiger partial charge in [-0.1, -0.05) is 0 Å². The Kier molecular flexibility index (Phi) is 4.58. The number of aromatic nitrogens is 1. The second kappa shape index (κ2) is 6.01. The van der Waals surface area contributed by atoms with E-state index in [0.717, 1.165) is 24.5 Å². The third-order valence-corrected chi connectivity index (χ3v) is 3.95. The monoisotopic (exact) mass is 282 g/mol. The third kappa shape index (κ3) is 4.58. The standard InChI is InChI=1S/C14H22N2O2S/c1-14(2,3)18-13(17)11-9-19-12(16-11)8-10-4-6-15-7-5-10/h9-10,15H,4-8H2,1-3H3. The summed E-state index contributed by atoms with van der Waals surface area (Å²) in [6.45, 7) is 7.79. The number of ether oxygens (including phenoxy) is 1. The molecular formula is C14H22N2O2S. The molecule has 0 radical (unpaired) electrons. The van der Waals surface area contributed by atoms with Gasteiger partial charge in [0.05, 0.1) is 5.01 Å². The van der Waals surface area contributed by atoms with Crippen molar-refractivity contribution in [1.29, 1.82) is 0 Å². The number of nitrogens with zero attached hydrogens (tertiary/aromatic N) is 1. The van der Waals surface area contributed by atoms with Gasteiger partial charge in [0.2, 0.25) is 0 Å². The van der Waals surface area contributed by atoms with E-state index in [1.165, 1.54) is 12.8 Å². The van der Waals surface area contributed by atoms with Crippen LogP contribution in [0.25, 0.3) is 0 Å². The maximum Gasteiger partial charge on any atom is 0.358 e. The van der Waals surface area contributed by atoms with Crippen LogP contribution < -0.4 is 5.32 Å². The van der Waals surface area contributed by atoms with E-state index in [9.17, 15) is 4.79 Å². The molecule has 5 heteroatoms. The zero-order valence-corrected chi connectivity index (χ0v) is 12.7. The Morgan fingerprint density at radius 3 is 2.79 bits per heavy atom. The van der Waals surface area contributed by atoms with E-state index in [1.807, 2.05) is 26.2 Å². The Hall–Kier alpha value is -0.940. The lowest BCUT2D eigenvalue weighted by molar-refractivity contribution is 0.00634. The van der Waals surface area contributed by atoms with Crippen LogP contribution in [-0.2, 0) is 11.2 Å². The van der Waals surface area contributed by atoms with Gasteiger partial charge in [-0.3, -0.25) is 0 Å². The van der Waals surface area contributed by atoms with Gasteiger partial charge in [-0.25, -0.2) is 9.78 Å².